The minimum absolute atomic E-state index is 0.0957. The zero-order chi connectivity index (χ0) is 22.1. The lowest BCUT2D eigenvalue weighted by Crippen LogP contribution is -2.42. The molecule has 1 unspecified atom stereocenters. The summed E-state index contributed by atoms with van der Waals surface area (Å²) in [5.41, 5.74) is 4.65. The molecular formula is C24H19ClN4O3. The Hall–Kier alpha value is -3.84. The largest absolute Gasteiger partial charge is 0.485 e. The molecule has 8 heteroatoms. The Morgan fingerprint density at radius 1 is 1.12 bits per heavy atom. The van der Waals surface area contributed by atoms with Crippen LogP contribution in [0.25, 0.3) is 16.5 Å². The van der Waals surface area contributed by atoms with Gasteiger partial charge in [0.25, 0.3) is 5.91 Å². The molecule has 7 nitrogen and oxygen atoms in total. The Kier molecular flexibility index (Phi) is 5.25. The lowest BCUT2D eigenvalue weighted by Gasteiger charge is -2.25. The number of hydrogen-bond donors (Lipinski definition) is 1. The third-order valence-electron chi connectivity index (χ3n) is 5.18. The molecule has 5 rings (SSSR count). The summed E-state index contributed by atoms with van der Waals surface area (Å²) in [5, 5.41) is 11.0. The van der Waals surface area contributed by atoms with E-state index in [1.165, 1.54) is 6.21 Å². The zero-order valence-corrected chi connectivity index (χ0v) is 17.9. The summed E-state index contributed by atoms with van der Waals surface area (Å²) in [6.07, 6.45) is 0.664. The van der Waals surface area contributed by atoms with Gasteiger partial charge in [-0.3, -0.25) is 4.79 Å². The molecule has 1 N–H and O–H groups in total. The van der Waals surface area contributed by atoms with E-state index in [-0.39, 0.29) is 6.61 Å². The second kappa shape index (κ2) is 8.36. The lowest BCUT2D eigenvalue weighted by atomic mass is 10.1. The Bertz CT molecular complexity index is 1330. The number of nitrogens with one attached hydrogen (secondary N) is 1. The van der Waals surface area contributed by atoms with Crippen molar-refractivity contribution in [2.75, 3.05) is 6.61 Å². The van der Waals surface area contributed by atoms with E-state index >= 15 is 0 Å². The molecule has 1 aliphatic heterocycles. The number of halogens is 1. The van der Waals surface area contributed by atoms with Crippen molar-refractivity contribution in [3.63, 3.8) is 0 Å². The van der Waals surface area contributed by atoms with E-state index in [1.54, 1.807) is 4.68 Å². The van der Waals surface area contributed by atoms with E-state index in [4.69, 9.17) is 21.1 Å². The Labute approximate surface area is 189 Å². The van der Waals surface area contributed by atoms with Crippen LogP contribution in [0.1, 0.15) is 11.3 Å². The third-order valence-corrected chi connectivity index (χ3v) is 5.54. The van der Waals surface area contributed by atoms with Crippen molar-refractivity contribution in [3.8, 4) is 17.2 Å². The molecule has 0 fully saturated rings. The fourth-order valence-electron chi connectivity index (χ4n) is 3.52. The van der Waals surface area contributed by atoms with Gasteiger partial charge in [-0.05, 0) is 42.0 Å². The monoisotopic (exact) mass is 446 g/mol. The van der Waals surface area contributed by atoms with Crippen molar-refractivity contribution in [2.24, 2.45) is 5.10 Å². The molecule has 160 valence electrons. The summed E-state index contributed by atoms with van der Waals surface area (Å²) >= 11 is 6.48. The molecule has 0 saturated heterocycles. The molecule has 1 amide bonds. The van der Waals surface area contributed by atoms with Crippen LogP contribution in [-0.4, -0.2) is 34.6 Å². The van der Waals surface area contributed by atoms with Gasteiger partial charge in [0.1, 0.15) is 11.8 Å². The van der Waals surface area contributed by atoms with Crippen LogP contribution >= 0.6 is 11.6 Å². The van der Waals surface area contributed by atoms with Crippen LogP contribution in [0.2, 0.25) is 5.15 Å². The molecule has 0 aliphatic carbocycles. The summed E-state index contributed by atoms with van der Waals surface area (Å²) in [6, 6.07) is 21.2. The highest BCUT2D eigenvalue weighted by Crippen LogP contribution is 2.35. The van der Waals surface area contributed by atoms with Crippen LogP contribution in [0.4, 0.5) is 0 Å². The number of hydrogen-bond acceptors (Lipinski definition) is 5. The fourth-order valence-corrected chi connectivity index (χ4v) is 3.84. The number of aromatic nitrogens is 2. The number of amides is 1. The van der Waals surface area contributed by atoms with Crippen molar-refractivity contribution in [1.29, 1.82) is 0 Å². The number of carbonyl (C=O) groups is 1. The molecule has 0 spiro atoms. The van der Waals surface area contributed by atoms with E-state index in [2.05, 4.69) is 15.6 Å². The number of rotatable bonds is 4. The van der Waals surface area contributed by atoms with Crippen molar-refractivity contribution in [2.45, 2.75) is 13.0 Å². The van der Waals surface area contributed by atoms with Crippen molar-refractivity contribution < 1.29 is 14.3 Å². The maximum absolute atomic E-state index is 12.6. The zero-order valence-electron chi connectivity index (χ0n) is 17.2. The van der Waals surface area contributed by atoms with Gasteiger partial charge >= 0.3 is 0 Å². The molecule has 1 atom stereocenters. The van der Waals surface area contributed by atoms with Gasteiger partial charge in [0.2, 0.25) is 6.10 Å². The number of nitrogens with zero attached hydrogens (tertiary/aromatic N) is 3. The molecule has 32 heavy (non-hydrogen) atoms. The van der Waals surface area contributed by atoms with Gasteiger partial charge in [-0.15, -0.1) is 0 Å². The molecule has 1 aliphatic rings. The van der Waals surface area contributed by atoms with Crippen LogP contribution in [0.3, 0.4) is 0 Å². The predicted molar refractivity (Wildman–Crippen MR) is 123 cm³/mol. The normalized spacial score (nSPS) is 15.2. The topological polar surface area (TPSA) is 77.7 Å². The maximum Gasteiger partial charge on any atom is 0.284 e. The molecule has 2 heterocycles. The number of aryl methyl sites for hydroxylation is 1. The first-order valence-electron chi connectivity index (χ1n) is 10.1. The quantitative estimate of drug-likeness (QED) is 0.375. The van der Waals surface area contributed by atoms with E-state index in [9.17, 15) is 4.79 Å². The average Bonchev–Trinajstić information content (AvgIpc) is 3.11. The van der Waals surface area contributed by atoms with Crippen LogP contribution in [0.15, 0.2) is 71.8 Å². The first-order chi connectivity index (χ1) is 15.6. The lowest BCUT2D eigenvalue weighted by molar-refractivity contribution is -0.130. The highest BCUT2D eigenvalue weighted by atomic mass is 35.5. The van der Waals surface area contributed by atoms with Gasteiger partial charge in [-0.2, -0.15) is 10.2 Å². The van der Waals surface area contributed by atoms with Crippen LogP contribution in [0.5, 0.6) is 11.5 Å². The Morgan fingerprint density at radius 2 is 1.81 bits per heavy atom. The average molecular weight is 447 g/mol. The molecule has 1 aromatic heterocycles. The highest BCUT2D eigenvalue weighted by Gasteiger charge is 2.27. The predicted octanol–water partition coefficient (Wildman–Crippen LogP) is 4.28. The van der Waals surface area contributed by atoms with E-state index in [0.717, 1.165) is 16.5 Å². The second-order valence-electron chi connectivity index (χ2n) is 7.34. The van der Waals surface area contributed by atoms with Crippen LogP contribution < -0.4 is 14.9 Å². The van der Waals surface area contributed by atoms with Crippen molar-refractivity contribution >= 4 is 34.5 Å². The van der Waals surface area contributed by atoms with Gasteiger partial charge in [0, 0.05) is 0 Å². The van der Waals surface area contributed by atoms with Crippen LogP contribution in [0, 0.1) is 6.92 Å². The van der Waals surface area contributed by atoms with E-state index in [0.29, 0.717) is 27.9 Å². The smallest absolute Gasteiger partial charge is 0.284 e. The molecule has 0 bridgehead atoms. The minimum atomic E-state index is -0.815. The summed E-state index contributed by atoms with van der Waals surface area (Å²) in [6.45, 7) is 1.92. The molecule has 0 saturated carbocycles. The summed E-state index contributed by atoms with van der Waals surface area (Å²) < 4.78 is 13.2. The van der Waals surface area contributed by atoms with Gasteiger partial charge < -0.3 is 9.47 Å². The SMILES string of the molecule is Cc1nn(-c2ccccc2)c(Cl)c1C=NNC(=O)C1COc2cc3ccccc3cc2O1. The summed E-state index contributed by atoms with van der Waals surface area (Å²) in [7, 11) is 0. The number of carbonyl (C=O) groups excluding carboxylic acids is 1. The van der Waals surface area contributed by atoms with Gasteiger partial charge in [0.15, 0.2) is 11.5 Å². The Morgan fingerprint density at radius 3 is 2.56 bits per heavy atom. The first kappa shape index (κ1) is 20.1. The second-order valence-corrected chi connectivity index (χ2v) is 7.69. The third kappa shape index (κ3) is 3.78. The number of benzene rings is 3. The van der Waals surface area contributed by atoms with Gasteiger partial charge in [-0.25, -0.2) is 10.1 Å². The van der Waals surface area contributed by atoms with E-state index in [1.807, 2.05) is 73.7 Å². The van der Waals surface area contributed by atoms with Gasteiger partial charge in [0.05, 0.1) is 23.2 Å². The highest BCUT2D eigenvalue weighted by molar-refractivity contribution is 6.32. The number of fused-ring (bicyclic) bond motifs is 2. The fraction of sp³-hybridized carbons (Fsp3) is 0.125. The number of ether oxygens (including phenoxy) is 2. The van der Waals surface area contributed by atoms with Crippen molar-refractivity contribution in [3.05, 3.63) is 83.1 Å². The van der Waals surface area contributed by atoms with Gasteiger partial charge in [-0.1, -0.05) is 54.1 Å². The maximum atomic E-state index is 12.6. The first-order valence-corrected chi connectivity index (χ1v) is 10.4. The number of para-hydroxylation sites is 1. The standard InChI is InChI=1S/C24H19ClN4O3/c1-15-19(23(25)29(28-15)18-9-3-2-4-10-18)13-26-27-24(30)22-14-31-20-11-16-7-5-6-8-17(16)12-21(20)32-22/h2-13,22H,14H2,1H3,(H,27,30). The minimum Gasteiger partial charge on any atom is -0.485 e. The molecular weight excluding hydrogens is 428 g/mol. The van der Waals surface area contributed by atoms with Crippen LogP contribution in [-0.2, 0) is 4.79 Å². The summed E-state index contributed by atoms with van der Waals surface area (Å²) in [4.78, 5) is 12.6. The van der Waals surface area contributed by atoms with E-state index < -0.39 is 12.0 Å². The molecule has 4 aromatic rings. The molecule has 0 radical (unpaired) electrons. The number of hydrazone groups is 1. The summed E-state index contributed by atoms with van der Waals surface area (Å²) in [5.74, 6) is 0.735. The Balaban J connectivity index is 1.28. The van der Waals surface area contributed by atoms with Crippen molar-refractivity contribution in [1.82, 2.24) is 15.2 Å². The molecule has 3 aromatic carbocycles.